The lowest BCUT2D eigenvalue weighted by Crippen LogP contribution is -2.28. The smallest absolute Gasteiger partial charge is 0.306 e. The van der Waals surface area contributed by atoms with Crippen LogP contribution in [0, 0.1) is 11.8 Å². The highest BCUT2D eigenvalue weighted by Gasteiger charge is 2.39. The topological polar surface area (TPSA) is 134 Å². The number of rotatable bonds is 24. The van der Waals surface area contributed by atoms with Gasteiger partial charge in [-0.15, -0.1) is 0 Å². The van der Waals surface area contributed by atoms with E-state index in [0.717, 1.165) is 38.5 Å². The molecule has 0 spiro atoms. The number of carbonyl (C=O) groups excluding carboxylic acids is 2. The summed E-state index contributed by atoms with van der Waals surface area (Å²) >= 11 is 0. The molecular weight excluding hydrogens is 524 g/mol. The Bertz CT molecular complexity index is 737. The third-order valence-corrected chi connectivity index (χ3v) is 7.82. The minimum atomic E-state index is -0.860. The molecular formula is C33H58O8. The van der Waals surface area contributed by atoms with E-state index in [4.69, 9.17) is 9.47 Å². The SMILES string of the molecule is CCCCCCCCCC(=O)OC[C@H](CO)OC(=O)CCC/C=C/C[C@@H]1[C@@H](/C=C/[C@@H](O)CCCCC)[C@H](O)C[C@@H]1O. The van der Waals surface area contributed by atoms with Crippen molar-refractivity contribution in [2.24, 2.45) is 11.8 Å². The molecule has 1 fully saturated rings. The number of aliphatic hydroxyl groups excluding tert-OH is 4. The molecule has 8 heteroatoms. The Balaban J connectivity index is 2.26. The first-order chi connectivity index (χ1) is 19.8. The van der Waals surface area contributed by atoms with Crippen molar-refractivity contribution in [1.29, 1.82) is 0 Å². The lowest BCUT2D eigenvalue weighted by Gasteiger charge is -2.19. The Hall–Kier alpha value is -1.74. The van der Waals surface area contributed by atoms with Crippen LogP contribution in [0.2, 0.25) is 0 Å². The molecule has 0 heterocycles. The molecule has 0 bridgehead atoms. The van der Waals surface area contributed by atoms with Crippen LogP contribution in [0.25, 0.3) is 0 Å². The third kappa shape index (κ3) is 17.7. The normalized spacial score (nSPS) is 22.4. The van der Waals surface area contributed by atoms with Gasteiger partial charge in [0.05, 0.1) is 24.9 Å². The summed E-state index contributed by atoms with van der Waals surface area (Å²) < 4.78 is 10.4. The molecule has 1 aliphatic rings. The predicted molar refractivity (Wildman–Crippen MR) is 161 cm³/mol. The number of hydrogen-bond acceptors (Lipinski definition) is 8. The summed E-state index contributed by atoms with van der Waals surface area (Å²) in [6.07, 6.45) is 19.2. The van der Waals surface area contributed by atoms with E-state index in [2.05, 4.69) is 13.8 Å². The number of hydrogen-bond donors (Lipinski definition) is 4. The quantitative estimate of drug-likeness (QED) is 0.0662. The standard InChI is InChI=1S/C33H58O8/c1-3-5-7-8-9-10-15-19-32(38)40-25-27(24-34)41-33(39)20-16-12-11-14-18-28-29(31(37)23-30(28)36)22-21-26(35)17-13-6-4-2/h11,14,21-22,26-31,34-37H,3-10,12-13,15-20,23-25H2,1-2H3/b14-11+,22-21+/t26-,27-,28+,29+,30-,31+/m0/s1. The molecule has 1 rings (SSSR count). The summed E-state index contributed by atoms with van der Waals surface area (Å²) in [7, 11) is 0. The van der Waals surface area contributed by atoms with Gasteiger partial charge in [0.1, 0.15) is 6.61 Å². The van der Waals surface area contributed by atoms with E-state index in [1.165, 1.54) is 25.7 Å². The lowest BCUT2D eigenvalue weighted by molar-refractivity contribution is -0.161. The molecule has 0 radical (unpaired) electrons. The monoisotopic (exact) mass is 582 g/mol. The first-order valence-electron chi connectivity index (χ1n) is 16.2. The number of aliphatic hydroxyl groups is 4. The second-order valence-corrected chi connectivity index (χ2v) is 11.5. The second kappa shape index (κ2) is 23.8. The van der Waals surface area contributed by atoms with Gasteiger partial charge in [0, 0.05) is 25.2 Å². The third-order valence-electron chi connectivity index (χ3n) is 7.82. The summed E-state index contributed by atoms with van der Waals surface area (Å²) in [4.78, 5) is 24.1. The van der Waals surface area contributed by atoms with Crippen molar-refractivity contribution in [3.8, 4) is 0 Å². The minimum absolute atomic E-state index is 0.121. The Labute approximate surface area is 248 Å². The van der Waals surface area contributed by atoms with Gasteiger partial charge in [-0.1, -0.05) is 95.9 Å². The highest BCUT2D eigenvalue weighted by molar-refractivity contribution is 5.70. The van der Waals surface area contributed by atoms with E-state index >= 15 is 0 Å². The van der Waals surface area contributed by atoms with Crippen molar-refractivity contribution in [3.05, 3.63) is 24.3 Å². The van der Waals surface area contributed by atoms with Crippen LogP contribution in [-0.2, 0) is 19.1 Å². The fraction of sp³-hybridized carbons (Fsp3) is 0.818. The molecule has 0 saturated heterocycles. The molecule has 1 saturated carbocycles. The van der Waals surface area contributed by atoms with Crippen molar-refractivity contribution in [3.63, 3.8) is 0 Å². The fourth-order valence-electron chi connectivity index (χ4n) is 5.25. The van der Waals surface area contributed by atoms with Gasteiger partial charge < -0.3 is 29.9 Å². The van der Waals surface area contributed by atoms with Gasteiger partial charge in [0.15, 0.2) is 6.10 Å². The van der Waals surface area contributed by atoms with Gasteiger partial charge in [0.25, 0.3) is 0 Å². The Morgan fingerprint density at radius 3 is 2.22 bits per heavy atom. The van der Waals surface area contributed by atoms with Crippen molar-refractivity contribution in [1.82, 2.24) is 0 Å². The summed E-state index contributed by atoms with van der Waals surface area (Å²) in [5.74, 6) is -1.11. The number of ether oxygens (including phenoxy) is 2. The van der Waals surface area contributed by atoms with E-state index in [1.807, 2.05) is 18.2 Å². The largest absolute Gasteiger partial charge is 0.462 e. The molecule has 238 valence electrons. The first-order valence-corrected chi connectivity index (χ1v) is 16.2. The van der Waals surface area contributed by atoms with E-state index in [-0.39, 0.29) is 30.8 Å². The van der Waals surface area contributed by atoms with Crippen LogP contribution in [0.5, 0.6) is 0 Å². The molecule has 41 heavy (non-hydrogen) atoms. The van der Waals surface area contributed by atoms with Crippen LogP contribution in [-0.4, -0.2) is 70.0 Å². The first kappa shape index (κ1) is 37.3. The van der Waals surface area contributed by atoms with Crippen LogP contribution >= 0.6 is 0 Å². The summed E-state index contributed by atoms with van der Waals surface area (Å²) in [6.45, 7) is 3.76. The van der Waals surface area contributed by atoms with Crippen molar-refractivity contribution in [2.75, 3.05) is 13.2 Å². The van der Waals surface area contributed by atoms with Crippen LogP contribution in [0.4, 0.5) is 0 Å². The zero-order chi connectivity index (χ0) is 30.3. The van der Waals surface area contributed by atoms with Crippen LogP contribution < -0.4 is 0 Å². The van der Waals surface area contributed by atoms with E-state index in [9.17, 15) is 30.0 Å². The Kier molecular flexibility index (Phi) is 21.6. The van der Waals surface area contributed by atoms with Gasteiger partial charge in [-0.05, 0) is 38.0 Å². The molecule has 0 aromatic heterocycles. The van der Waals surface area contributed by atoms with Gasteiger partial charge >= 0.3 is 11.9 Å². The van der Waals surface area contributed by atoms with E-state index in [1.54, 1.807) is 6.08 Å². The summed E-state index contributed by atoms with van der Waals surface area (Å²) in [5.41, 5.74) is 0. The molecule has 6 atom stereocenters. The molecule has 0 aromatic rings. The maximum atomic E-state index is 12.2. The Morgan fingerprint density at radius 2 is 1.51 bits per heavy atom. The van der Waals surface area contributed by atoms with Crippen molar-refractivity contribution in [2.45, 2.75) is 147 Å². The minimum Gasteiger partial charge on any atom is -0.462 e. The zero-order valence-electron chi connectivity index (χ0n) is 25.6. The van der Waals surface area contributed by atoms with Gasteiger partial charge in [-0.3, -0.25) is 9.59 Å². The highest BCUT2D eigenvalue weighted by atomic mass is 16.6. The number of esters is 2. The molecule has 8 nitrogen and oxygen atoms in total. The van der Waals surface area contributed by atoms with Crippen LogP contribution in [0.3, 0.4) is 0 Å². The average Bonchev–Trinajstić information content (AvgIpc) is 3.22. The number of allylic oxidation sites excluding steroid dienone is 2. The van der Waals surface area contributed by atoms with Crippen LogP contribution in [0.1, 0.15) is 123 Å². The maximum Gasteiger partial charge on any atom is 0.306 e. The molecule has 4 N–H and O–H groups in total. The fourth-order valence-corrected chi connectivity index (χ4v) is 5.25. The predicted octanol–water partition coefficient (Wildman–Crippen LogP) is 5.55. The molecule has 0 aromatic carbocycles. The van der Waals surface area contributed by atoms with Crippen molar-refractivity contribution >= 4 is 11.9 Å². The Morgan fingerprint density at radius 1 is 0.854 bits per heavy atom. The zero-order valence-corrected chi connectivity index (χ0v) is 25.6. The molecule has 0 aliphatic heterocycles. The summed E-state index contributed by atoms with van der Waals surface area (Å²) in [5, 5.41) is 40.5. The average molecular weight is 583 g/mol. The van der Waals surface area contributed by atoms with Crippen molar-refractivity contribution < 1.29 is 39.5 Å². The number of unbranched alkanes of at least 4 members (excludes halogenated alkanes) is 9. The van der Waals surface area contributed by atoms with Gasteiger partial charge in [0.2, 0.25) is 0 Å². The molecule has 0 amide bonds. The molecule has 0 unspecified atom stereocenters. The number of carbonyl (C=O) groups is 2. The van der Waals surface area contributed by atoms with E-state index < -0.39 is 37.0 Å². The van der Waals surface area contributed by atoms with E-state index in [0.29, 0.717) is 38.5 Å². The van der Waals surface area contributed by atoms with Crippen LogP contribution in [0.15, 0.2) is 24.3 Å². The highest BCUT2D eigenvalue weighted by Crippen LogP contribution is 2.36. The second-order valence-electron chi connectivity index (χ2n) is 11.5. The summed E-state index contributed by atoms with van der Waals surface area (Å²) in [6, 6.07) is 0. The maximum absolute atomic E-state index is 12.2. The van der Waals surface area contributed by atoms with Gasteiger partial charge in [-0.25, -0.2) is 0 Å². The lowest BCUT2D eigenvalue weighted by atomic mass is 9.89. The van der Waals surface area contributed by atoms with Gasteiger partial charge in [-0.2, -0.15) is 0 Å². The molecule has 1 aliphatic carbocycles.